The summed E-state index contributed by atoms with van der Waals surface area (Å²) in [6.07, 6.45) is 0. The molecule has 0 aliphatic rings. The van der Waals surface area contributed by atoms with Crippen LogP contribution in [-0.2, 0) is 7.05 Å². The highest BCUT2D eigenvalue weighted by atomic mass is 16.5. The zero-order valence-electron chi connectivity index (χ0n) is 12.2. The summed E-state index contributed by atoms with van der Waals surface area (Å²) in [6, 6.07) is 6.10. The van der Waals surface area contributed by atoms with Gasteiger partial charge in [-0.15, -0.1) is 0 Å². The maximum absolute atomic E-state index is 6.19. The summed E-state index contributed by atoms with van der Waals surface area (Å²) in [4.78, 5) is 0. The van der Waals surface area contributed by atoms with Gasteiger partial charge in [0.05, 0.1) is 18.4 Å². The van der Waals surface area contributed by atoms with E-state index in [4.69, 9.17) is 10.5 Å². The number of benzene rings is 1. The van der Waals surface area contributed by atoms with Crippen molar-refractivity contribution in [1.29, 1.82) is 0 Å². The lowest BCUT2D eigenvalue weighted by molar-refractivity contribution is 0.416. The minimum Gasteiger partial charge on any atom is -0.496 e. The summed E-state index contributed by atoms with van der Waals surface area (Å²) < 4.78 is 7.19. The lowest BCUT2D eigenvalue weighted by Gasteiger charge is -2.12. The van der Waals surface area contributed by atoms with Crippen molar-refractivity contribution in [2.24, 2.45) is 7.05 Å². The van der Waals surface area contributed by atoms with E-state index in [1.54, 1.807) is 11.8 Å². The lowest BCUT2D eigenvalue weighted by atomic mass is 9.97. The third-order valence-electron chi connectivity index (χ3n) is 3.29. The number of ether oxygens (including phenoxy) is 1. The predicted octanol–water partition coefficient (Wildman–Crippen LogP) is 3.11. The van der Waals surface area contributed by atoms with Crippen molar-refractivity contribution in [1.82, 2.24) is 9.78 Å². The summed E-state index contributed by atoms with van der Waals surface area (Å²) in [6.45, 7) is 6.30. The third kappa shape index (κ3) is 2.30. The second-order valence-corrected chi connectivity index (χ2v) is 5.13. The van der Waals surface area contributed by atoms with Crippen LogP contribution in [0.3, 0.4) is 0 Å². The first-order valence-electron chi connectivity index (χ1n) is 6.43. The molecule has 1 heterocycles. The van der Waals surface area contributed by atoms with Crippen LogP contribution in [0.2, 0.25) is 0 Å². The van der Waals surface area contributed by atoms with Gasteiger partial charge < -0.3 is 10.5 Å². The summed E-state index contributed by atoms with van der Waals surface area (Å²) >= 11 is 0. The van der Waals surface area contributed by atoms with Crippen LogP contribution >= 0.6 is 0 Å². The maximum Gasteiger partial charge on any atom is 0.129 e. The highest BCUT2D eigenvalue weighted by molar-refractivity contribution is 5.81. The molecular weight excluding hydrogens is 238 g/mol. The van der Waals surface area contributed by atoms with Gasteiger partial charge in [-0.05, 0) is 25.0 Å². The molecule has 2 N–H and O–H groups in total. The van der Waals surface area contributed by atoms with E-state index in [0.29, 0.717) is 11.7 Å². The predicted molar refractivity (Wildman–Crippen MR) is 78.4 cm³/mol. The van der Waals surface area contributed by atoms with E-state index in [2.05, 4.69) is 31.9 Å². The molecule has 1 aromatic carbocycles. The molecule has 0 saturated carbocycles. The molecule has 1 aromatic heterocycles. The SMILES string of the molecule is COc1ccc(C)cc1-c1c(C(C)C)nn(C)c1N. The van der Waals surface area contributed by atoms with Crippen LogP contribution in [0.25, 0.3) is 11.1 Å². The second-order valence-electron chi connectivity index (χ2n) is 5.13. The van der Waals surface area contributed by atoms with Crippen molar-refractivity contribution in [3.63, 3.8) is 0 Å². The van der Waals surface area contributed by atoms with Crippen molar-refractivity contribution in [3.8, 4) is 16.9 Å². The Kier molecular flexibility index (Phi) is 3.51. The van der Waals surface area contributed by atoms with E-state index >= 15 is 0 Å². The van der Waals surface area contributed by atoms with Gasteiger partial charge in [-0.1, -0.05) is 25.5 Å². The smallest absolute Gasteiger partial charge is 0.129 e. The highest BCUT2D eigenvalue weighted by Gasteiger charge is 2.21. The van der Waals surface area contributed by atoms with Crippen molar-refractivity contribution >= 4 is 5.82 Å². The Hall–Kier alpha value is -1.97. The first-order chi connectivity index (χ1) is 8.95. The first kappa shape index (κ1) is 13.5. The topological polar surface area (TPSA) is 53.1 Å². The summed E-state index contributed by atoms with van der Waals surface area (Å²) in [7, 11) is 3.54. The molecule has 2 rings (SSSR count). The van der Waals surface area contributed by atoms with Gasteiger partial charge in [0.15, 0.2) is 0 Å². The number of hydrogen-bond donors (Lipinski definition) is 1. The minimum atomic E-state index is 0.309. The van der Waals surface area contributed by atoms with Crippen molar-refractivity contribution in [3.05, 3.63) is 29.5 Å². The van der Waals surface area contributed by atoms with Crippen molar-refractivity contribution in [2.75, 3.05) is 12.8 Å². The average molecular weight is 259 g/mol. The fraction of sp³-hybridized carbons (Fsp3) is 0.400. The number of nitrogens with two attached hydrogens (primary N) is 1. The lowest BCUT2D eigenvalue weighted by Crippen LogP contribution is -1.98. The van der Waals surface area contributed by atoms with Crippen molar-refractivity contribution < 1.29 is 4.74 Å². The molecule has 102 valence electrons. The van der Waals surface area contributed by atoms with E-state index in [9.17, 15) is 0 Å². The minimum absolute atomic E-state index is 0.309. The van der Waals surface area contributed by atoms with Crippen LogP contribution in [-0.4, -0.2) is 16.9 Å². The van der Waals surface area contributed by atoms with Crippen LogP contribution in [0.15, 0.2) is 18.2 Å². The monoisotopic (exact) mass is 259 g/mol. The Morgan fingerprint density at radius 3 is 2.58 bits per heavy atom. The molecule has 4 nitrogen and oxygen atoms in total. The Balaban J connectivity index is 2.74. The van der Waals surface area contributed by atoms with E-state index < -0.39 is 0 Å². The van der Waals surface area contributed by atoms with Gasteiger partial charge in [0, 0.05) is 12.6 Å². The molecule has 0 aliphatic carbocycles. The number of anilines is 1. The molecule has 0 atom stereocenters. The Morgan fingerprint density at radius 1 is 1.32 bits per heavy atom. The van der Waals surface area contributed by atoms with E-state index in [-0.39, 0.29) is 0 Å². The quantitative estimate of drug-likeness (QED) is 0.921. The number of aryl methyl sites for hydroxylation is 2. The van der Waals surface area contributed by atoms with Crippen LogP contribution in [0, 0.1) is 6.92 Å². The van der Waals surface area contributed by atoms with Gasteiger partial charge in [-0.25, -0.2) is 0 Å². The molecule has 0 radical (unpaired) electrons. The van der Waals surface area contributed by atoms with E-state index in [1.807, 2.05) is 19.2 Å². The van der Waals surface area contributed by atoms with Gasteiger partial charge in [-0.3, -0.25) is 4.68 Å². The van der Waals surface area contributed by atoms with E-state index in [1.165, 1.54) is 5.56 Å². The van der Waals surface area contributed by atoms with Gasteiger partial charge >= 0.3 is 0 Å². The van der Waals surface area contributed by atoms with Gasteiger partial charge in [0.1, 0.15) is 11.6 Å². The Morgan fingerprint density at radius 2 is 2.00 bits per heavy atom. The molecule has 0 saturated heterocycles. The van der Waals surface area contributed by atoms with Crippen LogP contribution in [0.5, 0.6) is 5.75 Å². The van der Waals surface area contributed by atoms with Crippen molar-refractivity contribution in [2.45, 2.75) is 26.7 Å². The fourth-order valence-corrected chi connectivity index (χ4v) is 2.26. The zero-order valence-corrected chi connectivity index (χ0v) is 12.2. The van der Waals surface area contributed by atoms with E-state index in [0.717, 1.165) is 22.6 Å². The molecule has 0 fully saturated rings. The largest absolute Gasteiger partial charge is 0.496 e. The highest BCUT2D eigenvalue weighted by Crippen LogP contribution is 2.39. The Labute approximate surface area is 114 Å². The molecular formula is C15H21N3O. The Bertz CT molecular complexity index is 600. The van der Waals surface area contributed by atoms with Gasteiger partial charge in [0.2, 0.25) is 0 Å². The number of aromatic nitrogens is 2. The maximum atomic E-state index is 6.19. The summed E-state index contributed by atoms with van der Waals surface area (Å²) in [5.41, 5.74) is 10.4. The zero-order chi connectivity index (χ0) is 14.2. The molecule has 0 amide bonds. The normalized spacial score (nSPS) is 11.1. The molecule has 0 bridgehead atoms. The summed E-state index contributed by atoms with van der Waals surface area (Å²) in [5, 5.41) is 4.53. The molecule has 0 spiro atoms. The number of rotatable bonds is 3. The summed E-state index contributed by atoms with van der Waals surface area (Å²) in [5.74, 6) is 1.81. The van der Waals surface area contributed by atoms with Gasteiger partial charge in [0.25, 0.3) is 0 Å². The molecule has 4 heteroatoms. The van der Waals surface area contributed by atoms with Crippen LogP contribution < -0.4 is 10.5 Å². The first-order valence-corrected chi connectivity index (χ1v) is 6.43. The average Bonchev–Trinajstić information content (AvgIpc) is 2.66. The fourth-order valence-electron chi connectivity index (χ4n) is 2.26. The number of nitrogen functional groups attached to an aromatic ring is 1. The molecule has 0 unspecified atom stereocenters. The molecule has 0 aliphatic heterocycles. The van der Waals surface area contributed by atoms with Crippen LogP contribution in [0.1, 0.15) is 31.0 Å². The second kappa shape index (κ2) is 4.96. The number of hydrogen-bond acceptors (Lipinski definition) is 3. The van der Waals surface area contributed by atoms with Crippen LogP contribution in [0.4, 0.5) is 5.82 Å². The standard InChI is InChI=1S/C15H21N3O/c1-9(2)14-13(15(16)18(4)17-14)11-8-10(3)6-7-12(11)19-5/h6-9H,16H2,1-5H3. The molecule has 2 aromatic rings. The molecule has 19 heavy (non-hydrogen) atoms. The van der Waals surface area contributed by atoms with Gasteiger partial charge in [-0.2, -0.15) is 5.10 Å². The number of nitrogens with zero attached hydrogens (tertiary/aromatic N) is 2. The third-order valence-corrected chi connectivity index (χ3v) is 3.29. The number of methoxy groups -OCH3 is 1.